The summed E-state index contributed by atoms with van der Waals surface area (Å²) >= 11 is 0. The topological polar surface area (TPSA) is 72.9 Å². The van der Waals surface area contributed by atoms with Gasteiger partial charge in [-0.05, 0) is 12.3 Å². The third-order valence-electron chi connectivity index (χ3n) is 2.17. The van der Waals surface area contributed by atoms with Gasteiger partial charge < -0.3 is 11.1 Å². The highest BCUT2D eigenvalue weighted by Gasteiger charge is 2.09. The molecule has 1 heterocycles. The standard InChI is InChI=1S/C10H18N4O/c1-7(2)4-5-9(15)13-10-8(11)6-12-14(10)3/h6-7H,4-5,11H2,1-3H3,(H,13,15). The summed E-state index contributed by atoms with van der Waals surface area (Å²) in [5.41, 5.74) is 6.14. The minimum atomic E-state index is -0.0148. The van der Waals surface area contributed by atoms with Crippen molar-refractivity contribution in [1.29, 1.82) is 0 Å². The van der Waals surface area contributed by atoms with Crippen LogP contribution in [0.5, 0.6) is 0 Å². The van der Waals surface area contributed by atoms with Gasteiger partial charge in [0.25, 0.3) is 0 Å². The molecule has 1 aromatic rings. The highest BCUT2D eigenvalue weighted by atomic mass is 16.1. The smallest absolute Gasteiger partial charge is 0.225 e. The molecule has 0 radical (unpaired) electrons. The number of carbonyl (C=O) groups excluding carboxylic acids is 1. The van der Waals surface area contributed by atoms with E-state index in [9.17, 15) is 4.79 Å². The fourth-order valence-corrected chi connectivity index (χ4v) is 1.22. The number of anilines is 2. The molecular formula is C10H18N4O. The third-order valence-corrected chi connectivity index (χ3v) is 2.17. The molecule has 0 atom stereocenters. The number of aryl methyl sites for hydroxylation is 1. The number of rotatable bonds is 4. The molecular weight excluding hydrogens is 192 g/mol. The Morgan fingerprint density at radius 1 is 1.67 bits per heavy atom. The summed E-state index contributed by atoms with van der Waals surface area (Å²) in [6, 6.07) is 0. The van der Waals surface area contributed by atoms with Crippen LogP contribution < -0.4 is 11.1 Å². The quantitative estimate of drug-likeness (QED) is 0.788. The van der Waals surface area contributed by atoms with Crippen molar-refractivity contribution >= 4 is 17.4 Å². The zero-order chi connectivity index (χ0) is 11.4. The molecule has 0 saturated carbocycles. The summed E-state index contributed by atoms with van der Waals surface area (Å²) in [5, 5.41) is 6.69. The van der Waals surface area contributed by atoms with E-state index < -0.39 is 0 Å². The predicted octanol–water partition coefficient (Wildman–Crippen LogP) is 1.38. The fourth-order valence-electron chi connectivity index (χ4n) is 1.22. The average molecular weight is 210 g/mol. The van der Waals surface area contributed by atoms with Crippen molar-refractivity contribution < 1.29 is 4.79 Å². The Hall–Kier alpha value is -1.52. The molecule has 0 spiro atoms. The van der Waals surface area contributed by atoms with Crippen LogP contribution in [0.15, 0.2) is 6.20 Å². The van der Waals surface area contributed by atoms with E-state index in [1.165, 1.54) is 6.20 Å². The van der Waals surface area contributed by atoms with E-state index in [0.29, 0.717) is 23.8 Å². The molecule has 0 aliphatic carbocycles. The van der Waals surface area contributed by atoms with Crippen LogP contribution in [0.1, 0.15) is 26.7 Å². The minimum absolute atomic E-state index is 0.0148. The zero-order valence-electron chi connectivity index (χ0n) is 9.45. The van der Waals surface area contributed by atoms with Crippen molar-refractivity contribution in [2.45, 2.75) is 26.7 Å². The third kappa shape index (κ3) is 3.27. The lowest BCUT2D eigenvalue weighted by atomic mass is 10.1. The number of nitrogen functional groups attached to an aromatic ring is 1. The Bertz CT molecular complexity index is 324. The van der Waals surface area contributed by atoms with E-state index in [1.54, 1.807) is 11.7 Å². The van der Waals surface area contributed by atoms with Crippen molar-refractivity contribution in [2.24, 2.45) is 13.0 Å². The molecule has 5 nitrogen and oxygen atoms in total. The van der Waals surface area contributed by atoms with Gasteiger partial charge in [0.15, 0.2) is 5.82 Å². The summed E-state index contributed by atoms with van der Waals surface area (Å²) in [5.74, 6) is 1.09. The van der Waals surface area contributed by atoms with Gasteiger partial charge in [-0.1, -0.05) is 13.8 Å². The fraction of sp³-hybridized carbons (Fsp3) is 0.600. The Morgan fingerprint density at radius 2 is 2.33 bits per heavy atom. The summed E-state index contributed by atoms with van der Waals surface area (Å²) in [4.78, 5) is 11.5. The number of amides is 1. The van der Waals surface area contributed by atoms with Gasteiger partial charge >= 0.3 is 0 Å². The van der Waals surface area contributed by atoms with E-state index in [-0.39, 0.29) is 5.91 Å². The zero-order valence-corrected chi connectivity index (χ0v) is 9.45. The van der Waals surface area contributed by atoms with Crippen LogP contribution in [0.3, 0.4) is 0 Å². The number of hydrogen-bond donors (Lipinski definition) is 2. The Balaban J connectivity index is 2.51. The van der Waals surface area contributed by atoms with Gasteiger partial charge in [0.2, 0.25) is 5.91 Å². The van der Waals surface area contributed by atoms with Gasteiger partial charge in [-0.3, -0.25) is 9.48 Å². The molecule has 15 heavy (non-hydrogen) atoms. The number of carbonyl (C=O) groups is 1. The molecule has 0 aliphatic heterocycles. The molecule has 1 rings (SSSR count). The minimum Gasteiger partial charge on any atom is -0.394 e. The highest BCUT2D eigenvalue weighted by molar-refractivity contribution is 5.92. The van der Waals surface area contributed by atoms with Crippen LogP contribution in [-0.2, 0) is 11.8 Å². The van der Waals surface area contributed by atoms with Crippen LogP contribution in [0, 0.1) is 5.92 Å². The average Bonchev–Trinajstić information content (AvgIpc) is 2.46. The predicted molar refractivity (Wildman–Crippen MR) is 60.3 cm³/mol. The Kier molecular flexibility index (Phi) is 3.71. The lowest BCUT2D eigenvalue weighted by Gasteiger charge is -2.07. The van der Waals surface area contributed by atoms with Crippen molar-refractivity contribution in [3.05, 3.63) is 6.20 Å². The van der Waals surface area contributed by atoms with Crippen LogP contribution >= 0.6 is 0 Å². The maximum Gasteiger partial charge on any atom is 0.225 e. The lowest BCUT2D eigenvalue weighted by Crippen LogP contribution is -2.15. The number of nitrogens with two attached hydrogens (primary N) is 1. The summed E-state index contributed by atoms with van der Waals surface area (Å²) in [6.07, 6.45) is 2.92. The molecule has 1 amide bonds. The van der Waals surface area contributed by atoms with Gasteiger partial charge in [0.1, 0.15) is 0 Å². The first-order valence-corrected chi connectivity index (χ1v) is 5.08. The second-order valence-corrected chi connectivity index (χ2v) is 4.05. The molecule has 0 fully saturated rings. The molecule has 84 valence electrons. The SMILES string of the molecule is CC(C)CCC(=O)Nc1c(N)cnn1C. The van der Waals surface area contributed by atoms with Crippen molar-refractivity contribution in [3.63, 3.8) is 0 Å². The molecule has 0 unspecified atom stereocenters. The number of nitrogens with one attached hydrogen (secondary N) is 1. The van der Waals surface area contributed by atoms with Gasteiger partial charge in [-0.15, -0.1) is 0 Å². The molecule has 1 aromatic heterocycles. The normalized spacial score (nSPS) is 10.7. The molecule has 0 aromatic carbocycles. The number of aromatic nitrogens is 2. The van der Waals surface area contributed by atoms with E-state index in [2.05, 4.69) is 24.3 Å². The second kappa shape index (κ2) is 4.82. The molecule has 0 saturated heterocycles. The second-order valence-electron chi connectivity index (χ2n) is 4.05. The Morgan fingerprint density at radius 3 is 2.80 bits per heavy atom. The maximum atomic E-state index is 11.5. The molecule has 0 bridgehead atoms. The van der Waals surface area contributed by atoms with Crippen LogP contribution in [0.2, 0.25) is 0 Å². The van der Waals surface area contributed by atoms with Gasteiger partial charge in [0, 0.05) is 13.5 Å². The van der Waals surface area contributed by atoms with E-state index in [1.807, 2.05) is 0 Å². The van der Waals surface area contributed by atoms with Crippen LogP contribution in [0.4, 0.5) is 11.5 Å². The van der Waals surface area contributed by atoms with Crippen molar-refractivity contribution in [2.75, 3.05) is 11.1 Å². The molecule has 3 N–H and O–H groups in total. The Labute approximate surface area is 89.6 Å². The van der Waals surface area contributed by atoms with Crippen molar-refractivity contribution in [3.8, 4) is 0 Å². The molecule has 0 aliphatic rings. The van der Waals surface area contributed by atoms with E-state index >= 15 is 0 Å². The summed E-state index contributed by atoms with van der Waals surface area (Å²) in [6.45, 7) is 4.18. The summed E-state index contributed by atoms with van der Waals surface area (Å²) in [7, 11) is 1.74. The van der Waals surface area contributed by atoms with Crippen LogP contribution in [-0.4, -0.2) is 15.7 Å². The summed E-state index contributed by atoms with van der Waals surface area (Å²) < 4.78 is 1.56. The van der Waals surface area contributed by atoms with E-state index in [0.717, 1.165) is 6.42 Å². The van der Waals surface area contributed by atoms with Crippen LogP contribution in [0.25, 0.3) is 0 Å². The first-order valence-electron chi connectivity index (χ1n) is 5.08. The monoisotopic (exact) mass is 210 g/mol. The van der Waals surface area contributed by atoms with Gasteiger partial charge in [-0.2, -0.15) is 5.10 Å². The first kappa shape index (κ1) is 11.6. The van der Waals surface area contributed by atoms with Gasteiger partial charge in [-0.25, -0.2) is 0 Å². The van der Waals surface area contributed by atoms with Gasteiger partial charge in [0.05, 0.1) is 11.9 Å². The largest absolute Gasteiger partial charge is 0.394 e. The van der Waals surface area contributed by atoms with E-state index in [4.69, 9.17) is 5.73 Å². The maximum absolute atomic E-state index is 11.5. The lowest BCUT2D eigenvalue weighted by molar-refractivity contribution is -0.116. The highest BCUT2D eigenvalue weighted by Crippen LogP contribution is 2.16. The number of nitrogens with zero attached hydrogens (tertiary/aromatic N) is 2. The first-order chi connectivity index (χ1) is 7.00. The van der Waals surface area contributed by atoms with Crippen molar-refractivity contribution in [1.82, 2.24) is 9.78 Å². The molecule has 5 heteroatoms. The number of hydrogen-bond acceptors (Lipinski definition) is 3.